The van der Waals surface area contributed by atoms with E-state index in [2.05, 4.69) is 15.4 Å². The third-order valence-corrected chi connectivity index (χ3v) is 4.21. The number of sulfone groups is 1. The van der Waals surface area contributed by atoms with Gasteiger partial charge >= 0.3 is 0 Å². The van der Waals surface area contributed by atoms with Crippen molar-refractivity contribution in [2.75, 3.05) is 23.2 Å². The van der Waals surface area contributed by atoms with E-state index < -0.39 is 9.84 Å². The highest BCUT2D eigenvalue weighted by Gasteiger charge is 2.09. The van der Waals surface area contributed by atoms with Crippen molar-refractivity contribution in [3.63, 3.8) is 0 Å². The zero-order valence-corrected chi connectivity index (χ0v) is 12.3. The fourth-order valence-corrected chi connectivity index (χ4v) is 3.25. The van der Waals surface area contributed by atoms with Crippen LogP contribution in [0.1, 0.15) is 25.6 Å². The molecule has 0 saturated carbocycles. The Kier molecular flexibility index (Phi) is 5.36. The Hall–Kier alpha value is -0.860. The van der Waals surface area contributed by atoms with E-state index in [0.717, 1.165) is 5.03 Å². The molecule has 102 valence electrons. The third kappa shape index (κ3) is 5.19. The molecule has 1 rings (SSSR count). The molecule has 0 fully saturated rings. The summed E-state index contributed by atoms with van der Waals surface area (Å²) in [5, 5.41) is 0.727. The van der Waals surface area contributed by atoms with Crippen LogP contribution in [0.3, 0.4) is 0 Å². The van der Waals surface area contributed by atoms with Crippen LogP contribution in [0, 0.1) is 0 Å². The lowest BCUT2D eigenvalue weighted by Crippen LogP contribution is -2.11. The molecule has 1 aromatic rings. The Morgan fingerprint density at radius 1 is 1.44 bits per heavy atom. The number of nitrogens with zero attached hydrogens (tertiary/aromatic N) is 2. The van der Waals surface area contributed by atoms with Crippen molar-refractivity contribution in [1.82, 2.24) is 9.97 Å². The molecule has 0 aromatic carbocycles. The van der Waals surface area contributed by atoms with Crippen LogP contribution >= 0.6 is 11.8 Å². The summed E-state index contributed by atoms with van der Waals surface area (Å²) < 4.78 is 22.1. The van der Waals surface area contributed by atoms with E-state index in [9.17, 15) is 8.42 Å². The summed E-state index contributed by atoms with van der Waals surface area (Å²) in [6.45, 7) is 3.97. The molecule has 0 saturated heterocycles. The van der Waals surface area contributed by atoms with Crippen molar-refractivity contribution >= 4 is 27.4 Å². The monoisotopic (exact) mass is 290 g/mol. The molecular weight excluding hydrogens is 272 g/mol. The van der Waals surface area contributed by atoms with Crippen LogP contribution in [0.4, 0.5) is 5.82 Å². The number of nitrogen functional groups attached to an aromatic ring is 1. The predicted molar refractivity (Wildman–Crippen MR) is 74.4 cm³/mol. The second kappa shape index (κ2) is 6.35. The van der Waals surface area contributed by atoms with Gasteiger partial charge in [-0.15, -0.1) is 11.8 Å². The van der Waals surface area contributed by atoms with Crippen LogP contribution in [0.15, 0.2) is 11.1 Å². The van der Waals surface area contributed by atoms with Gasteiger partial charge in [-0.05, 0) is 0 Å². The van der Waals surface area contributed by atoms with Gasteiger partial charge in [0.05, 0.1) is 5.75 Å². The van der Waals surface area contributed by atoms with Crippen LogP contribution in [0.25, 0.3) is 0 Å². The summed E-state index contributed by atoms with van der Waals surface area (Å²) in [6.07, 6.45) is 1.22. The minimum Gasteiger partial charge on any atom is -0.308 e. The molecule has 0 unspecified atom stereocenters. The summed E-state index contributed by atoms with van der Waals surface area (Å²) in [4.78, 5) is 8.59. The third-order valence-electron chi connectivity index (χ3n) is 2.09. The Labute approximate surface area is 112 Å². The molecule has 0 aliphatic carbocycles. The first-order chi connectivity index (χ1) is 8.31. The molecule has 0 aliphatic heterocycles. The lowest BCUT2D eigenvalue weighted by Gasteiger charge is -2.09. The molecule has 1 heterocycles. The molecular formula is C10H18N4O2S2. The van der Waals surface area contributed by atoms with Gasteiger partial charge in [-0.3, -0.25) is 0 Å². The van der Waals surface area contributed by atoms with Crippen LogP contribution in [-0.4, -0.2) is 36.1 Å². The molecule has 0 spiro atoms. The zero-order chi connectivity index (χ0) is 13.8. The van der Waals surface area contributed by atoms with E-state index in [4.69, 9.17) is 5.84 Å². The Bertz CT molecular complexity index is 503. The van der Waals surface area contributed by atoms with E-state index in [-0.39, 0.29) is 11.7 Å². The lowest BCUT2D eigenvalue weighted by molar-refractivity contribution is 0.603. The molecule has 1 aromatic heterocycles. The van der Waals surface area contributed by atoms with E-state index >= 15 is 0 Å². The van der Waals surface area contributed by atoms with Crippen molar-refractivity contribution in [2.24, 2.45) is 5.84 Å². The van der Waals surface area contributed by atoms with Gasteiger partial charge in [-0.2, -0.15) is 0 Å². The Balaban J connectivity index is 2.78. The number of nitrogens with one attached hydrogen (secondary N) is 1. The van der Waals surface area contributed by atoms with Gasteiger partial charge in [0.15, 0.2) is 0 Å². The van der Waals surface area contributed by atoms with Crippen molar-refractivity contribution in [3.05, 3.63) is 11.9 Å². The van der Waals surface area contributed by atoms with Crippen molar-refractivity contribution in [1.29, 1.82) is 0 Å². The fourth-order valence-electron chi connectivity index (χ4n) is 1.15. The van der Waals surface area contributed by atoms with Crippen molar-refractivity contribution in [3.8, 4) is 0 Å². The highest BCUT2D eigenvalue weighted by molar-refractivity contribution is 8.00. The van der Waals surface area contributed by atoms with Crippen LogP contribution in [-0.2, 0) is 9.84 Å². The SMILES string of the molecule is CC(C)c1nc(NN)cc(SCCS(C)(=O)=O)n1. The Morgan fingerprint density at radius 3 is 2.61 bits per heavy atom. The quantitative estimate of drug-likeness (QED) is 0.349. The van der Waals surface area contributed by atoms with Gasteiger partial charge in [0, 0.05) is 24.0 Å². The van der Waals surface area contributed by atoms with Gasteiger partial charge in [0.25, 0.3) is 0 Å². The summed E-state index contributed by atoms with van der Waals surface area (Å²) in [5.41, 5.74) is 2.49. The molecule has 0 bridgehead atoms. The van der Waals surface area contributed by atoms with Crippen LogP contribution in [0.5, 0.6) is 0 Å². The van der Waals surface area contributed by atoms with Crippen LogP contribution in [0.2, 0.25) is 0 Å². The molecule has 18 heavy (non-hydrogen) atoms. The number of aromatic nitrogens is 2. The van der Waals surface area contributed by atoms with E-state index in [1.165, 1.54) is 18.0 Å². The first kappa shape index (κ1) is 15.2. The highest BCUT2D eigenvalue weighted by Crippen LogP contribution is 2.21. The number of hydrogen-bond donors (Lipinski definition) is 2. The van der Waals surface area contributed by atoms with Crippen molar-refractivity contribution < 1.29 is 8.42 Å². The average molecular weight is 290 g/mol. The van der Waals surface area contributed by atoms with Gasteiger partial charge in [-0.1, -0.05) is 13.8 Å². The average Bonchev–Trinajstić information content (AvgIpc) is 2.26. The van der Waals surface area contributed by atoms with E-state index in [0.29, 0.717) is 17.4 Å². The smallest absolute Gasteiger partial charge is 0.148 e. The van der Waals surface area contributed by atoms with Gasteiger partial charge < -0.3 is 5.43 Å². The zero-order valence-electron chi connectivity index (χ0n) is 10.7. The maximum atomic E-state index is 11.0. The number of rotatable bonds is 6. The fraction of sp³-hybridized carbons (Fsp3) is 0.600. The summed E-state index contributed by atoms with van der Waals surface area (Å²) in [6, 6.07) is 1.71. The maximum absolute atomic E-state index is 11.0. The second-order valence-corrected chi connectivity index (χ2v) is 7.60. The standard InChI is InChI=1S/C10H18N4O2S2/c1-7(2)10-12-8(14-11)6-9(13-10)17-4-5-18(3,15)16/h6-7H,4-5,11H2,1-3H3,(H,12,13,14). The van der Waals surface area contributed by atoms with E-state index in [1.807, 2.05) is 13.8 Å². The van der Waals surface area contributed by atoms with E-state index in [1.54, 1.807) is 6.07 Å². The largest absolute Gasteiger partial charge is 0.308 e. The number of nitrogens with two attached hydrogens (primary N) is 1. The van der Waals surface area contributed by atoms with Gasteiger partial charge in [0.1, 0.15) is 26.5 Å². The summed E-state index contributed by atoms with van der Waals surface area (Å²) in [7, 11) is -2.94. The topological polar surface area (TPSA) is 98.0 Å². The molecule has 3 N–H and O–H groups in total. The molecule has 0 amide bonds. The molecule has 0 radical (unpaired) electrons. The number of anilines is 1. The van der Waals surface area contributed by atoms with Crippen LogP contribution < -0.4 is 11.3 Å². The van der Waals surface area contributed by atoms with Gasteiger partial charge in [-0.25, -0.2) is 24.2 Å². The summed E-state index contributed by atoms with van der Waals surface area (Å²) >= 11 is 1.38. The number of thioether (sulfide) groups is 1. The first-order valence-corrected chi connectivity index (χ1v) is 8.52. The minimum absolute atomic E-state index is 0.129. The lowest BCUT2D eigenvalue weighted by atomic mass is 10.2. The minimum atomic E-state index is -2.94. The predicted octanol–water partition coefficient (Wildman–Crippen LogP) is 1.02. The number of hydrazine groups is 1. The highest BCUT2D eigenvalue weighted by atomic mass is 32.2. The Morgan fingerprint density at radius 2 is 2.11 bits per heavy atom. The molecule has 0 atom stereocenters. The molecule has 0 aliphatic rings. The first-order valence-electron chi connectivity index (χ1n) is 5.48. The van der Waals surface area contributed by atoms with Gasteiger partial charge in [0.2, 0.25) is 0 Å². The maximum Gasteiger partial charge on any atom is 0.148 e. The second-order valence-electron chi connectivity index (χ2n) is 4.23. The van der Waals surface area contributed by atoms with Crippen molar-refractivity contribution in [2.45, 2.75) is 24.8 Å². The molecule has 8 heteroatoms. The number of hydrogen-bond acceptors (Lipinski definition) is 7. The molecule has 6 nitrogen and oxygen atoms in total. The normalized spacial score (nSPS) is 11.8. The summed E-state index contributed by atoms with van der Waals surface area (Å²) in [5.74, 6) is 7.35.